The molecule has 2 N–H and O–H groups in total. The third kappa shape index (κ3) is 2.83. The van der Waals surface area contributed by atoms with E-state index in [9.17, 15) is 23.4 Å². The number of hydrogen-bond donors (Lipinski definition) is 2. The number of sulfone groups is 1. The van der Waals surface area contributed by atoms with Crippen LogP contribution in [0.3, 0.4) is 0 Å². The zero-order chi connectivity index (χ0) is 18.4. The summed E-state index contributed by atoms with van der Waals surface area (Å²) in [5, 5.41) is 18.8. The number of halogens is 2. The van der Waals surface area contributed by atoms with Gasteiger partial charge in [-0.15, -0.1) is 0 Å². The number of carbonyl (C=O) groups is 1. The van der Waals surface area contributed by atoms with Gasteiger partial charge in [0.2, 0.25) is 0 Å². The van der Waals surface area contributed by atoms with E-state index in [0.717, 1.165) is 0 Å². The van der Waals surface area contributed by atoms with Gasteiger partial charge in [-0.1, -0.05) is 35.3 Å². The highest BCUT2D eigenvalue weighted by atomic mass is 35.5. The van der Waals surface area contributed by atoms with Crippen molar-refractivity contribution in [3.63, 3.8) is 0 Å². The Morgan fingerprint density at radius 1 is 1.08 bits per heavy atom. The molecule has 0 radical (unpaired) electrons. The first-order valence-corrected chi connectivity index (χ1v) is 9.64. The van der Waals surface area contributed by atoms with Crippen molar-refractivity contribution in [3.05, 3.63) is 64.1 Å². The zero-order valence-corrected chi connectivity index (χ0v) is 15.1. The van der Waals surface area contributed by atoms with E-state index >= 15 is 0 Å². The first-order valence-electron chi connectivity index (χ1n) is 7.34. The van der Waals surface area contributed by atoms with Crippen molar-refractivity contribution in [2.45, 2.75) is 16.1 Å². The van der Waals surface area contributed by atoms with Crippen LogP contribution in [0.5, 0.6) is 0 Å². The van der Waals surface area contributed by atoms with Crippen molar-refractivity contribution < 1.29 is 23.4 Å². The van der Waals surface area contributed by atoms with Crippen LogP contribution in [0.2, 0.25) is 10.0 Å². The van der Waals surface area contributed by atoms with Crippen LogP contribution in [0.1, 0.15) is 11.5 Å². The Morgan fingerprint density at radius 2 is 1.72 bits per heavy atom. The summed E-state index contributed by atoms with van der Waals surface area (Å²) in [6, 6.07) is 11.9. The summed E-state index contributed by atoms with van der Waals surface area (Å²) in [5.74, 6) is -2.25. The molecule has 2 aromatic carbocycles. The molecule has 1 fully saturated rings. The fraction of sp³-hybridized carbons (Fsp3) is 0.235. The van der Waals surface area contributed by atoms with Gasteiger partial charge in [-0.25, -0.2) is 8.42 Å². The van der Waals surface area contributed by atoms with E-state index in [2.05, 4.69) is 0 Å². The Bertz CT molecular complexity index is 926. The fourth-order valence-corrected chi connectivity index (χ4v) is 6.00. The zero-order valence-electron chi connectivity index (χ0n) is 12.8. The first kappa shape index (κ1) is 18.2. The summed E-state index contributed by atoms with van der Waals surface area (Å²) in [7, 11) is -4.00. The molecular weight excluding hydrogens is 387 g/mol. The Balaban J connectivity index is 2.12. The molecule has 5 nitrogen and oxygen atoms in total. The topological polar surface area (TPSA) is 91.7 Å². The molecule has 0 spiro atoms. The second kappa shape index (κ2) is 6.29. The minimum absolute atomic E-state index is 0.0366. The van der Waals surface area contributed by atoms with Crippen LogP contribution in [-0.2, 0) is 14.6 Å². The molecule has 3 rings (SSSR count). The van der Waals surface area contributed by atoms with Crippen LogP contribution < -0.4 is 0 Å². The number of hydrogen-bond acceptors (Lipinski definition) is 4. The van der Waals surface area contributed by atoms with Crippen LogP contribution in [0.15, 0.2) is 53.4 Å². The minimum Gasteiger partial charge on any atom is -0.481 e. The van der Waals surface area contributed by atoms with Crippen LogP contribution in [0, 0.1) is 5.41 Å². The number of carboxylic acid groups (broad SMARTS) is 1. The Kier molecular flexibility index (Phi) is 4.58. The lowest BCUT2D eigenvalue weighted by Gasteiger charge is -2.09. The lowest BCUT2D eigenvalue weighted by Crippen LogP contribution is -2.27. The summed E-state index contributed by atoms with van der Waals surface area (Å²) < 4.78 is 26.0. The molecule has 1 saturated carbocycles. The Morgan fingerprint density at radius 3 is 2.24 bits per heavy atom. The first-order chi connectivity index (χ1) is 11.7. The van der Waals surface area contributed by atoms with Gasteiger partial charge in [-0.3, -0.25) is 4.79 Å². The van der Waals surface area contributed by atoms with E-state index in [1.54, 1.807) is 18.2 Å². The van der Waals surface area contributed by atoms with Crippen molar-refractivity contribution in [3.8, 4) is 0 Å². The smallest absolute Gasteiger partial charge is 0.314 e. The lowest BCUT2D eigenvalue weighted by atomic mass is 10.0. The van der Waals surface area contributed by atoms with Gasteiger partial charge in [-0.05, 0) is 42.0 Å². The average Bonchev–Trinajstić information content (AvgIpc) is 3.27. The minimum atomic E-state index is -4.00. The predicted molar refractivity (Wildman–Crippen MR) is 93.8 cm³/mol. The Labute approximate surface area is 154 Å². The highest BCUT2D eigenvalue weighted by Crippen LogP contribution is 2.64. The van der Waals surface area contributed by atoms with E-state index in [1.165, 1.54) is 30.3 Å². The van der Waals surface area contributed by atoms with E-state index in [0.29, 0.717) is 15.6 Å². The summed E-state index contributed by atoms with van der Waals surface area (Å²) in [6.45, 7) is -0.795. The number of benzene rings is 2. The van der Waals surface area contributed by atoms with Crippen molar-refractivity contribution in [2.75, 3.05) is 6.61 Å². The largest absolute Gasteiger partial charge is 0.481 e. The van der Waals surface area contributed by atoms with Gasteiger partial charge in [0, 0.05) is 16.0 Å². The predicted octanol–water partition coefficient (Wildman–Crippen LogP) is 3.00. The monoisotopic (exact) mass is 400 g/mol. The molecular formula is C17H14Cl2O5S. The lowest BCUT2D eigenvalue weighted by molar-refractivity contribution is -0.145. The summed E-state index contributed by atoms with van der Waals surface area (Å²) in [4.78, 5) is 11.8. The van der Waals surface area contributed by atoms with Crippen LogP contribution in [-0.4, -0.2) is 36.5 Å². The molecule has 2 aromatic rings. The molecule has 1 aliphatic rings. The molecule has 0 saturated heterocycles. The Hall–Kier alpha value is -1.60. The third-order valence-corrected chi connectivity index (χ3v) is 7.38. The third-order valence-electron chi connectivity index (χ3n) is 4.60. The van der Waals surface area contributed by atoms with Gasteiger partial charge in [-0.2, -0.15) is 0 Å². The second-order valence-corrected chi connectivity index (χ2v) is 8.90. The van der Waals surface area contributed by atoms with Crippen LogP contribution in [0.4, 0.5) is 0 Å². The maximum atomic E-state index is 13.0. The molecule has 0 heterocycles. The van der Waals surface area contributed by atoms with Crippen molar-refractivity contribution in [1.82, 2.24) is 0 Å². The molecule has 0 aromatic heterocycles. The number of rotatable bonds is 5. The van der Waals surface area contributed by atoms with Gasteiger partial charge in [0.1, 0.15) is 5.41 Å². The van der Waals surface area contributed by atoms with Crippen molar-refractivity contribution in [1.29, 1.82) is 0 Å². The molecule has 0 unspecified atom stereocenters. The highest BCUT2D eigenvalue weighted by Gasteiger charge is 2.75. The quantitative estimate of drug-likeness (QED) is 0.804. The van der Waals surface area contributed by atoms with E-state index in [1.807, 2.05) is 0 Å². The molecule has 3 atom stereocenters. The number of aliphatic hydroxyl groups is 1. The van der Waals surface area contributed by atoms with E-state index in [4.69, 9.17) is 23.2 Å². The van der Waals surface area contributed by atoms with Gasteiger partial charge >= 0.3 is 5.97 Å². The molecule has 1 aliphatic carbocycles. The number of aliphatic hydroxyl groups excluding tert-OH is 1. The van der Waals surface area contributed by atoms with Crippen molar-refractivity contribution >= 4 is 39.0 Å². The van der Waals surface area contributed by atoms with E-state index < -0.39 is 39.0 Å². The van der Waals surface area contributed by atoms with Crippen LogP contribution >= 0.6 is 23.2 Å². The average molecular weight is 401 g/mol. The summed E-state index contributed by atoms with van der Waals surface area (Å²) in [5.41, 5.74) is -1.34. The maximum Gasteiger partial charge on any atom is 0.314 e. The fourth-order valence-electron chi connectivity index (χ4n) is 3.31. The van der Waals surface area contributed by atoms with Gasteiger partial charge in [0.05, 0.1) is 16.8 Å². The standard InChI is InChI=1S/C17H14Cl2O5S/c18-11-4-6-13(7-5-11)25(23,24)15-14(17(15,9-20)16(21)22)10-2-1-3-12(19)8-10/h1-8,14-15,20H,9H2,(H,21,22)/t14-,15-,17+/m0/s1. The normalized spacial score (nSPS) is 25.6. The molecule has 25 heavy (non-hydrogen) atoms. The molecule has 8 heteroatoms. The van der Waals surface area contributed by atoms with Crippen molar-refractivity contribution in [2.24, 2.45) is 5.41 Å². The SMILES string of the molecule is O=C(O)[C@]1(CO)[C@@H](c2cccc(Cl)c2)[C@@H]1S(=O)(=O)c1ccc(Cl)cc1. The molecule has 0 aliphatic heterocycles. The molecule has 0 amide bonds. The maximum absolute atomic E-state index is 13.0. The second-order valence-electron chi connectivity index (χ2n) is 5.96. The number of aliphatic carboxylic acids is 1. The molecule has 0 bridgehead atoms. The van der Waals surface area contributed by atoms with Gasteiger partial charge < -0.3 is 10.2 Å². The summed E-state index contributed by atoms with van der Waals surface area (Å²) in [6.07, 6.45) is 0. The highest BCUT2D eigenvalue weighted by molar-refractivity contribution is 7.92. The van der Waals surface area contributed by atoms with Gasteiger partial charge in [0.15, 0.2) is 9.84 Å². The van der Waals surface area contributed by atoms with Gasteiger partial charge in [0.25, 0.3) is 0 Å². The van der Waals surface area contributed by atoms with E-state index in [-0.39, 0.29) is 4.90 Å². The number of carboxylic acids is 1. The molecule has 132 valence electrons. The van der Waals surface area contributed by atoms with Crippen LogP contribution in [0.25, 0.3) is 0 Å². The summed E-state index contributed by atoms with van der Waals surface area (Å²) >= 11 is 11.7.